The Morgan fingerprint density at radius 2 is 2.05 bits per heavy atom. The van der Waals surface area contributed by atoms with Gasteiger partial charge in [-0.3, -0.25) is 0 Å². The van der Waals surface area contributed by atoms with Crippen LogP contribution >= 0.6 is 11.3 Å². The van der Waals surface area contributed by atoms with Crippen LogP contribution in [-0.2, 0) is 6.54 Å². The molecular formula is C14H17F2N3OS. The molecule has 0 aliphatic rings. The summed E-state index contributed by atoms with van der Waals surface area (Å²) in [4.78, 5) is 6.93. The third kappa shape index (κ3) is 3.24. The van der Waals surface area contributed by atoms with E-state index >= 15 is 0 Å². The van der Waals surface area contributed by atoms with E-state index in [-0.39, 0.29) is 12.2 Å². The molecule has 0 fully saturated rings. The van der Waals surface area contributed by atoms with Gasteiger partial charge in [0.05, 0.1) is 18.5 Å². The van der Waals surface area contributed by atoms with E-state index in [0.717, 1.165) is 10.0 Å². The zero-order valence-electron chi connectivity index (χ0n) is 12.3. The number of halogens is 2. The van der Waals surface area contributed by atoms with Crippen LogP contribution in [-0.4, -0.2) is 26.2 Å². The van der Waals surface area contributed by atoms with Gasteiger partial charge in [0.1, 0.15) is 11.5 Å². The summed E-state index contributed by atoms with van der Waals surface area (Å²) < 4.78 is 32.8. The normalized spacial score (nSPS) is 10.6. The maximum absolute atomic E-state index is 13.9. The van der Waals surface area contributed by atoms with Gasteiger partial charge < -0.3 is 15.0 Å². The molecule has 0 bridgehead atoms. The topological polar surface area (TPSA) is 37.4 Å². The molecule has 4 nitrogen and oxygen atoms in total. The Morgan fingerprint density at radius 1 is 1.33 bits per heavy atom. The number of methoxy groups -OCH3 is 1. The van der Waals surface area contributed by atoms with Gasteiger partial charge in [-0.2, -0.15) is 4.98 Å². The van der Waals surface area contributed by atoms with E-state index in [2.05, 4.69) is 10.3 Å². The van der Waals surface area contributed by atoms with Crippen molar-refractivity contribution in [2.24, 2.45) is 0 Å². The Balaban J connectivity index is 2.22. The van der Waals surface area contributed by atoms with Gasteiger partial charge >= 0.3 is 0 Å². The Hall–Kier alpha value is -1.89. The molecule has 2 rings (SSSR count). The molecule has 0 amide bonds. The number of benzene rings is 1. The van der Waals surface area contributed by atoms with Gasteiger partial charge in [-0.15, -0.1) is 0 Å². The van der Waals surface area contributed by atoms with Gasteiger partial charge in [-0.05, 0) is 18.6 Å². The number of aromatic nitrogens is 1. The number of hydrogen-bond donors (Lipinski definition) is 1. The van der Waals surface area contributed by atoms with Gasteiger partial charge in [-0.25, -0.2) is 8.78 Å². The summed E-state index contributed by atoms with van der Waals surface area (Å²) in [6, 6.07) is 2.66. The molecule has 114 valence electrons. The lowest BCUT2D eigenvalue weighted by Crippen LogP contribution is -2.07. The van der Waals surface area contributed by atoms with Crippen molar-refractivity contribution < 1.29 is 13.5 Å². The van der Waals surface area contributed by atoms with Crippen molar-refractivity contribution in [1.82, 2.24) is 4.98 Å². The van der Waals surface area contributed by atoms with Crippen LogP contribution in [0.1, 0.15) is 10.4 Å². The second-order valence-electron chi connectivity index (χ2n) is 4.73. The Labute approximate surface area is 126 Å². The van der Waals surface area contributed by atoms with Crippen LogP contribution in [0.25, 0.3) is 0 Å². The van der Waals surface area contributed by atoms with Crippen molar-refractivity contribution >= 4 is 22.2 Å². The molecule has 0 aliphatic carbocycles. The molecule has 1 aromatic carbocycles. The fourth-order valence-electron chi connectivity index (χ4n) is 1.78. The van der Waals surface area contributed by atoms with E-state index in [1.807, 2.05) is 19.0 Å². The van der Waals surface area contributed by atoms with Crippen molar-refractivity contribution in [3.8, 4) is 5.88 Å². The smallest absolute Gasteiger partial charge is 0.231 e. The van der Waals surface area contributed by atoms with Crippen molar-refractivity contribution in [3.63, 3.8) is 0 Å². The summed E-state index contributed by atoms with van der Waals surface area (Å²) in [7, 11) is 5.26. The minimum Gasteiger partial charge on any atom is -0.480 e. The molecule has 0 saturated heterocycles. The first-order valence-electron chi connectivity index (χ1n) is 6.33. The van der Waals surface area contributed by atoms with Gasteiger partial charge in [0.15, 0.2) is 10.9 Å². The quantitative estimate of drug-likeness (QED) is 0.918. The highest BCUT2D eigenvalue weighted by atomic mass is 32.1. The van der Waals surface area contributed by atoms with Crippen LogP contribution < -0.4 is 15.0 Å². The molecule has 2 aromatic rings. The first kappa shape index (κ1) is 15.5. The predicted molar refractivity (Wildman–Crippen MR) is 81.4 cm³/mol. The average Bonchev–Trinajstić information content (AvgIpc) is 2.86. The first-order valence-corrected chi connectivity index (χ1v) is 7.15. The number of aryl methyl sites for hydroxylation is 1. The largest absolute Gasteiger partial charge is 0.480 e. The average molecular weight is 313 g/mol. The molecule has 1 N–H and O–H groups in total. The van der Waals surface area contributed by atoms with Crippen LogP contribution in [0.15, 0.2) is 12.1 Å². The standard InChI is InChI=1S/C14H17F2N3OS/c1-8-5-6-9(15)12(11(8)16)17-7-10-13(20-4)18-14(21-10)19(2)3/h5-6,17H,7H2,1-4H3. The van der Waals surface area contributed by atoms with Crippen LogP contribution in [0.2, 0.25) is 0 Å². The highest BCUT2D eigenvalue weighted by Gasteiger charge is 2.16. The molecule has 0 unspecified atom stereocenters. The van der Waals surface area contributed by atoms with Crippen LogP contribution in [0, 0.1) is 18.6 Å². The zero-order chi connectivity index (χ0) is 15.6. The monoisotopic (exact) mass is 313 g/mol. The van der Waals surface area contributed by atoms with E-state index in [4.69, 9.17) is 4.74 Å². The number of anilines is 2. The highest BCUT2D eigenvalue weighted by molar-refractivity contribution is 7.15. The Morgan fingerprint density at radius 3 is 2.67 bits per heavy atom. The second kappa shape index (κ2) is 6.26. The molecule has 0 spiro atoms. The first-order chi connectivity index (χ1) is 9.93. The summed E-state index contributed by atoms with van der Waals surface area (Å²) in [5.41, 5.74) is 0.265. The van der Waals surface area contributed by atoms with Crippen LogP contribution in [0.3, 0.4) is 0 Å². The second-order valence-corrected chi connectivity index (χ2v) is 5.79. The maximum Gasteiger partial charge on any atom is 0.231 e. The molecule has 0 atom stereocenters. The third-order valence-electron chi connectivity index (χ3n) is 2.94. The van der Waals surface area contributed by atoms with Crippen molar-refractivity contribution in [2.75, 3.05) is 31.4 Å². The van der Waals surface area contributed by atoms with Gasteiger partial charge in [0, 0.05) is 14.1 Å². The highest BCUT2D eigenvalue weighted by Crippen LogP contribution is 2.31. The maximum atomic E-state index is 13.9. The fraction of sp³-hybridized carbons (Fsp3) is 0.357. The number of thiazole rings is 1. The van der Waals surface area contributed by atoms with Crippen molar-refractivity contribution in [3.05, 3.63) is 34.2 Å². The minimum atomic E-state index is -0.616. The summed E-state index contributed by atoms with van der Waals surface area (Å²) >= 11 is 1.41. The van der Waals surface area contributed by atoms with Gasteiger partial charge in [0.25, 0.3) is 0 Å². The van der Waals surface area contributed by atoms with Gasteiger partial charge in [-0.1, -0.05) is 17.4 Å². The summed E-state index contributed by atoms with van der Waals surface area (Å²) in [5.74, 6) is -0.731. The SMILES string of the molecule is COc1nc(N(C)C)sc1CNc1c(F)ccc(C)c1F. The molecular weight excluding hydrogens is 296 g/mol. The van der Waals surface area contributed by atoms with E-state index in [9.17, 15) is 8.78 Å². The molecule has 0 radical (unpaired) electrons. The van der Waals surface area contributed by atoms with E-state index in [0.29, 0.717) is 11.4 Å². The summed E-state index contributed by atoms with van der Waals surface area (Å²) in [6.07, 6.45) is 0. The number of ether oxygens (including phenoxy) is 1. The number of hydrogen-bond acceptors (Lipinski definition) is 5. The number of nitrogens with zero attached hydrogens (tertiary/aromatic N) is 2. The zero-order valence-corrected chi connectivity index (χ0v) is 13.1. The number of rotatable bonds is 5. The molecule has 0 saturated carbocycles. The molecule has 7 heteroatoms. The van der Waals surface area contributed by atoms with E-state index < -0.39 is 11.6 Å². The lowest BCUT2D eigenvalue weighted by Gasteiger charge is -2.09. The molecule has 0 aliphatic heterocycles. The van der Waals surface area contributed by atoms with Gasteiger partial charge in [0.2, 0.25) is 5.88 Å². The lowest BCUT2D eigenvalue weighted by molar-refractivity contribution is 0.397. The fourth-order valence-corrected chi connectivity index (χ4v) is 2.67. The number of nitrogens with one attached hydrogen (secondary N) is 1. The summed E-state index contributed by atoms with van der Waals surface area (Å²) in [6.45, 7) is 1.84. The minimum absolute atomic E-state index is 0.128. The Kier molecular flexibility index (Phi) is 4.62. The lowest BCUT2D eigenvalue weighted by atomic mass is 10.2. The van der Waals surface area contributed by atoms with Crippen molar-refractivity contribution in [1.29, 1.82) is 0 Å². The van der Waals surface area contributed by atoms with Crippen molar-refractivity contribution in [2.45, 2.75) is 13.5 Å². The predicted octanol–water partition coefficient (Wildman–Crippen LogP) is 3.42. The Bertz CT molecular complexity index is 643. The van der Waals surface area contributed by atoms with E-state index in [1.165, 1.54) is 30.6 Å². The van der Waals surface area contributed by atoms with E-state index in [1.54, 1.807) is 6.92 Å². The van der Waals surface area contributed by atoms with Crippen LogP contribution in [0.5, 0.6) is 5.88 Å². The molecule has 1 aromatic heterocycles. The van der Waals surface area contributed by atoms with Crippen LogP contribution in [0.4, 0.5) is 19.6 Å². The summed E-state index contributed by atoms with van der Waals surface area (Å²) in [5, 5.41) is 3.56. The third-order valence-corrected chi connectivity index (χ3v) is 4.14. The molecule has 21 heavy (non-hydrogen) atoms. The molecule has 1 heterocycles.